The fraction of sp³-hybridized carbons (Fsp3) is 0.583. The summed E-state index contributed by atoms with van der Waals surface area (Å²) in [6, 6.07) is 4.50. The van der Waals surface area contributed by atoms with Crippen LogP contribution in [-0.2, 0) is 11.2 Å². The first kappa shape index (κ1) is 12.1. The molecule has 3 nitrogen and oxygen atoms in total. The van der Waals surface area contributed by atoms with Gasteiger partial charge in [-0.15, -0.1) is 0 Å². The summed E-state index contributed by atoms with van der Waals surface area (Å²) < 4.78 is 5.17. The third-order valence-electron chi connectivity index (χ3n) is 2.29. The Morgan fingerprint density at radius 2 is 2.33 bits per heavy atom. The minimum atomic E-state index is 0.356. The minimum absolute atomic E-state index is 0.356. The first-order chi connectivity index (χ1) is 7.26. The van der Waals surface area contributed by atoms with E-state index < -0.39 is 0 Å². The molecule has 84 valence electrons. The Hall–Kier alpha value is -0.930. The number of nitrogens with one attached hydrogen (secondary N) is 1. The molecule has 0 spiro atoms. The smallest absolute Gasteiger partial charge is 0.0619 e. The summed E-state index contributed by atoms with van der Waals surface area (Å²) in [5.41, 5.74) is 2.38. The van der Waals surface area contributed by atoms with Gasteiger partial charge in [0.2, 0.25) is 0 Å². The van der Waals surface area contributed by atoms with E-state index in [4.69, 9.17) is 4.74 Å². The zero-order valence-corrected chi connectivity index (χ0v) is 9.79. The fourth-order valence-corrected chi connectivity index (χ4v) is 1.64. The molecule has 0 amide bonds. The lowest BCUT2D eigenvalue weighted by Gasteiger charge is -2.16. The molecule has 0 aromatic carbocycles. The van der Waals surface area contributed by atoms with Gasteiger partial charge in [-0.05, 0) is 31.2 Å². The van der Waals surface area contributed by atoms with Crippen LogP contribution in [0.2, 0.25) is 0 Å². The summed E-state index contributed by atoms with van der Waals surface area (Å²) in [7, 11) is 1.73. The Kier molecular flexibility index (Phi) is 5.29. The summed E-state index contributed by atoms with van der Waals surface area (Å²) in [4.78, 5) is 4.35. The normalized spacial score (nSPS) is 12.7. The number of rotatable bonds is 6. The van der Waals surface area contributed by atoms with Gasteiger partial charge in [0, 0.05) is 31.5 Å². The molecule has 1 rings (SSSR count). The maximum Gasteiger partial charge on any atom is 0.0619 e. The number of pyridine rings is 1. The van der Waals surface area contributed by atoms with Crippen LogP contribution in [-0.4, -0.2) is 31.3 Å². The number of hydrogen-bond acceptors (Lipinski definition) is 3. The average Bonchev–Trinajstić information content (AvgIpc) is 2.18. The van der Waals surface area contributed by atoms with Crippen LogP contribution in [0.25, 0.3) is 0 Å². The zero-order chi connectivity index (χ0) is 11.1. The number of aromatic nitrogens is 1. The summed E-state index contributed by atoms with van der Waals surface area (Å²) in [5, 5.41) is 3.39. The predicted octanol–water partition coefficient (Wildman–Crippen LogP) is 1.56. The van der Waals surface area contributed by atoms with E-state index in [0.717, 1.165) is 25.3 Å². The molecule has 1 unspecified atom stereocenters. The van der Waals surface area contributed by atoms with Crippen LogP contribution in [0.1, 0.15) is 18.2 Å². The second-order valence-corrected chi connectivity index (χ2v) is 3.74. The van der Waals surface area contributed by atoms with E-state index in [1.165, 1.54) is 5.56 Å². The molecular formula is C12H20N2O. The lowest BCUT2D eigenvalue weighted by molar-refractivity contribution is 0.166. The second-order valence-electron chi connectivity index (χ2n) is 3.74. The summed E-state index contributed by atoms with van der Waals surface area (Å²) >= 11 is 0. The van der Waals surface area contributed by atoms with Gasteiger partial charge in [-0.3, -0.25) is 4.98 Å². The van der Waals surface area contributed by atoms with Crippen molar-refractivity contribution in [2.45, 2.75) is 26.3 Å². The van der Waals surface area contributed by atoms with Crippen molar-refractivity contribution in [3.8, 4) is 0 Å². The van der Waals surface area contributed by atoms with Gasteiger partial charge in [-0.2, -0.15) is 0 Å². The molecule has 0 aliphatic carbocycles. The van der Waals surface area contributed by atoms with Crippen LogP contribution in [0, 0.1) is 6.92 Å². The standard InChI is InChI=1S/C12H20N2O/c1-4-13-12(9-15-3)8-11-7-10(2)5-6-14-11/h5-7,12-13H,4,8-9H2,1-3H3. The van der Waals surface area contributed by atoms with Crippen molar-refractivity contribution in [1.82, 2.24) is 10.3 Å². The highest BCUT2D eigenvalue weighted by atomic mass is 16.5. The Labute approximate surface area is 91.9 Å². The van der Waals surface area contributed by atoms with Crippen LogP contribution < -0.4 is 5.32 Å². The first-order valence-electron chi connectivity index (χ1n) is 5.40. The van der Waals surface area contributed by atoms with E-state index in [1.807, 2.05) is 12.3 Å². The molecule has 1 aromatic heterocycles. The highest BCUT2D eigenvalue weighted by Crippen LogP contribution is 2.03. The number of ether oxygens (including phenoxy) is 1. The predicted molar refractivity (Wildman–Crippen MR) is 62.0 cm³/mol. The third kappa shape index (κ3) is 4.40. The van der Waals surface area contributed by atoms with Gasteiger partial charge in [-0.1, -0.05) is 6.92 Å². The van der Waals surface area contributed by atoms with E-state index in [0.29, 0.717) is 6.04 Å². The van der Waals surface area contributed by atoms with E-state index >= 15 is 0 Å². The highest BCUT2D eigenvalue weighted by Gasteiger charge is 2.08. The van der Waals surface area contributed by atoms with Crippen LogP contribution in [0.4, 0.5) is 0 Å². The molecule has 0 aliphatic heterocycles. The average molecular weight is 208 g/mol. The maximum absolute atomic E-state index is 5.17. The van der Waals surface area contributed by atoms with Crippen molar-refractivity contribution in [2.24, 2.45) is 0 Å². The number of likely N-dealkylation sites (N-methyl/N-ethyl adjacent to an activating group) is 1. The molecule has 1 atom stereocenters. The van der Waals surface area contributed by atoms with Gasteiger partial charge in [0.05, 0.1) is 6.61 Å². The number of hydrogen-bond donors (Lipinski definition) is 1. The van der Waals surface area contributed by atoms with Crippen molar-refractivity contribution < 1.29 is 4.74 Å². The number of aryl methyl sites for hydroxylation is 1. The quantitative estimate of drug-likeness (QED) is 0.770. The third-order valence-corrected chi connectivity index (χ3v) is 2.29. The van der Waals surface area contributed by atoms with E-state index in [9.17, 15) is 0 Å². The molecule has 0 saturated carbocycles. The Morgan fingerprint density at radius 3 is 2.93 bits per heavy atom. The molecule has 0 bridgehead atoms. The molecule has 1 heterocycles. The van der Waals surface area contributed by atoms with Gasteiger partial charge >= 0.3 is 0 Å². The van der Waals surface area contributed by atoms with E-state index in [1.54, 1.807) is 7.11 Å². The summed E-state index contributed by atoms with van der Waals surface area (Å²) in [6.07, 6.45) is 2.78. The van der Waals surface area contributed by atoms with Crippen molar-refractivity contribution >= 4 is 0 Å². The Balaban J connectivity index is 2.56. The van der Waals surface area contributed by atoms with Crippen molar-refractivity contribution in [3.63, 3.8) is 0 Å². The van der Waals surface area contributed by atoms with Crippen LogP contribution in [0.15, 0.2) is 18.3 Å². The van der Waals surface area contributed by atoms with Crippen LogP contribution in [0.3, 0.4) is 0 Å². The SMILES string of the molecule is CCNC(COC)Cc1cc(C)ccn1. The molecule has 1 N–H and O–H groups in total. The molecule has 1 aromatic rings. The zero-order valence-electron chi connectivity index (χ0n) is 9.79. The first-order valence-corrected chi connectivity index (χ1v) is 5.40. The van der Waals surface area contributed by atoms with Gasteiger partial charge in [0.25, 0.3) is 0 Å². The topological polar surface area (TPSA) is 34.1 Å². The number of nitrogens with zero attached hydrogens (tertiary/aromatic N) is 1. The minimum Gasteiger partial charge on any atom is -0.383 e. The van der Waals surface area contributed by atoms with Gasteiger partial charge in [0.1, 0.15) is 0 Å². The molecule has 0 radical (unpaired) electrons. The highest BCUT2D eigenvalue weighted by molar-refractivity contribution is 5.15. The lowest BCUT2D eigenvalue weighted by atomic mass is 10.1. The van der Waals surface area contributed by atoms with Crippen molar-refractivity contribution in [1.29, 1.82) is 0 Å². The number of methoxy groups -OCH3 is 1. The van der Waals surface area contributed by atoms with E-state index in [2.05, 4.69) is 30.2 Å². The monoisotopic (exact) mass is 208 g/mol. The van der Waals surface area contributed by atoms with Crippen molar-refractivity contribution in [3.05, 3.63) is 29.6 Å². The molecule has 3 heteroatoms. The Bertz CT molecular complexity index is 283. The fourth-order valence-electron chi connectivity index (χ4n) is 1.64. The van der Waals surface area contributed by atoms with Crippen molar-refractivity contribution in [2.75, 3.05) is 20.3 Å². The van der Waals surface area contributed by atoms with Gasteiger partial charge < -0.3 is 10.1 Å². The van der Waals surface area contributed by atoms with Gasteiger partial charge in [0.15, 0.2) is 0 Å². The maximum atomic E-state index is 5.17. The molecule has 0 aliphatic rings. The summed E-state index contributed by atoms with van der Waals surface area (Å²) in [5.74, 6) is 0. The molecular weight excluding hydrogens is 188 g/mol. The van der Waals surface area contributed by atoms with Crippen LogP contribution in [0.5, 0.6) is 0 Å². The summed E-state index contributed by atoms with van der Waals surface area (Å²) in [6.45, 7) is 5.87. The Morgan fingerprint density at radius 1 is 1.53 bits per heavy atom. The second kappa shape index (κ2) is 6.53. The molecule has 15 heavy (non-hydrogen) atoms. The van der Waals surface area contributed by atoms with Crippen LogP contribution >= 0.6 is 0 Å². The largest absolute Gasteiger partial charge is 0.383 e. The lowest BCUT2D eigenvalue weighted by Crippen LogP contribution is -2.35. The van der Waals surface area contributed by atoms with E-state index in [-0.39, 0.29) is 0 Å². The van der Waals surface area contributed by atoms with Gasteiger partial charge in [-0.25, -0.2) is 0 Å². The molecule has 0 saturated heterocycles. The molecule has 0 fully saturated rings.